The highest BCUT2D eigenvalue weighted by Gasteiger charge is 2.30. The van der Waals surface area contributed by atoms with Crippen LogP contribution >= 0.6 is 11.5 Å². The number of hydrogen-bond donors (Lipinski definition) is 2. The smallest absolute Gasteiger partial charge is 0.142 e. The van der Waals surface area contributed by atoms with Gasteiger partial charge in [0.1, 0.15) is 10.8 Å². The molecule has 0 unspecified atom stereocenters. The van der Waals surface area contributed by atoms with Crippen molar-refractivity contribution in [3.05, 3.63) is 23.5 Å². The Morgan fingerprint density at radius 2 is 2.41 bits per heavy atom. The van der Waals surface area contributed by atoms with Gasteiger partial charge in [-0.2, -0.15) is 9.47 Å². The highest BCUT2D eigenvalue weighted by Crippen LogP contribution is 2.47. The lowest BCUT2D eigenvalue weighted by Gasteiger charge is -2.04. The second kappa shape index (κ2) is 4.03. The molecule has 0 saturated heterocycles. The fourth-order valence-corrected chi connectivity index (χ4v) is 2.74. The van der Waals surface area contributed by atoms with E-state index in [2.05, 4.69) is 14.8 Å². The first-order chi connectivity index (χ1) is 8.24. The van der Waals surface area contributed by atoms with E-state index in [1.807, 2.05) is 19.4 Å². The number of nitrogens with zero attached hydrogens (tertiary/aromatic N) is 3. The summed E-state index contributed by atoms with van der Waals surface area (Å²) in [7, 11) is 1.92. The summed E-state index contributed by atoms with van der Waals surface area (Å²) >= 11 is 1.46. The fraction of sp³-hybridized carbons (Fsp3) is 0.455. The van der Waals surface area contributed by atoms with Gasteiger partial charge >= 0.3 is 0 Å². The Morgan fingerprint density at radius 3 is 3.06 bits per heavy atom. The standard InChI is InChI=1S/C11H15N5S/c1-16-6-7(5-14-16)4-13-11-9(8-2-3-8)10(12)15-17-11/h5-6,8,13H,2-4H2,1H3,(H2,12,15). The zero-order valence-electron chi connectivity index (χ0n) is 9.68. The van der Waals surface area contributed by atoms with Gasteiger partial charge in [0.25, 0.3) is 0 Å². The van der Waals surface area contributed by atoms with Crippen LogP contribution in [0.1, 0.15) is 29.9 Å². The van der Waals surface area contributed by atoms with Crippen LogP contribution in [-0.4, -0.2) is 14.2 Å². The van der Waals surface area contributed by atoms with Crippen LogP contribution in [0.25, 0.3) is 0 Å². The third-order valence-corrected chi connectivity index (χ3v) is 3.79. The van der Waals surface area contributed by atoms with Gasteiger partial charge in [0.15, 0.2) is 0 Å². The first-order valence-electron chi connectivity index (χ1n) is 5.70. The molecule has 1 aliphatic carbocycles. The highest BCUT2D eigenvalue weighted by atomic mass is 32.1. The van der Waals surface area contributed by atoms with Gasteiger partial charge in [-0.15, -0.1) is 0 Å². The normalized spacial score (nSPS) is 15.1. The molecule has 2 aromatic rings. The van der Waals surface area contributed by atoms with Crippen molar-refractivity contribution >= 4 is 22.4 Å². The van der Waals surface area contributed by atoms with Gasteiger partial charge in [-0.1, -0.05) is 0 Å². The summed E-state index contributed by atoms with van der Waals surface area (Å²) in [5.41, 5.74) is 8.29. The molecule has 0 atom stereocenters. The van der Waals surface area contributed by atoms with Gasteiger partial charge in [0.2, 0.25) is 0 Å². The molecule has 2 heterocycles. The maximum atomic E-state index is 5.90. The van der Waals surface area contributed by atoms with Gasteiger partial charge in [0, 0.05) is 30.9 Å². The predicted octanol–water partition coefficient (Wildman–Crippen LogP) is 1.95. The molecule has 0 spiro atoms. The number of aryl methyl sites for hydroxylation is 1. The van der Waals surface area contributed by atoms with Crippen molar-refractivity contribution in [1.82, 2.24) is 14.2 Å². The van der Waals surface area contributed by atoms with Crippen molar-refractivity contribution in [2.45, 2.75) is 25.3 Å². The minimum atomic E-state index is 0.630. The lowest BCUT2D eigenvalue weighted by Crippen LogP contribution is -2.00. The molecule has 3 N–H and O–H groups in total. The van der Waals surface area contributed by atoms with Gasteiger partial charge in [-0.3, -0.25) is 4.68 Å². The molecule has 2 aromatic heterocycles. The van der Waals surface area contributed by atoms with E-state index < -0.39 is 0 Å². The Kier molecular flexibility index (Phi) is 2.51. The van der Waals surface area contributed by atoms with E-state index in [0.29, 0.717) is 11.7 Å². The second-order valence-corrected chi connectivity index (χ2v) is 5.23. The summed E-state index contributed by atoms with van der Waals surface area (Å²) < 4.78 is 6.04. The molecule has 0 bridgehead atoms. The van der Waals surface area contributed by atoms with Crippen molar-refractivity contribution in [3.8, 4) is 0 Å². The van der Waals surface area contributed by atoms with E-state index in [-0.39, 0.29) is 0 Å². The number of rotatable bonds is 4. The Hall–Kier alpha value is -1.56. The molecule has 3 rings (SSSR count). The molecule has 1 aliphatic rings. The zero-order chi connectivity index (χ0) is 11.8. The molecule has 0 radical (unpaired) electrons. The van der Waals surface area contributed by atoms with Crippen molar-refractivity contribution < 1.29 is 0 Å². The van der Waals surface area contributed by atoms with E-state index in [1.165, 1.54) is 35.5 Å². The third-order valence-electron chi connectivity index (χ3n) is 2.95. The molecule has 0 amide bonds. The average molecular weight is 249 g/mol. The topological polar surface area (TPSA) is 68.8 Å². The summed E-state index contributed by atoms with van der Waals surface area (Å²) in [4.78, 5) is 0. The van der Waals surface area contributed by atoms with Crippen molar-refractivity contribution in [3.63, 3.8) is 0 Å². The van der Waals surface area contributed by atoms with Crippen LogP contribution < -0.4 is 11.1 Å². The molecular formula is C11H15N5S. The largest absolute Gasteiger partial charge is 0.383 e. The maximum Gasteiger partial charge on any atom is 0.142 e. The molecule has 17 heavy (non-hydrogen) atoms. The van der Waals surface area contributed by atoms with Crippen LogP contribution in [0.2, 0.25) is 0 Å². The number of hydrogen-bond acceptors (Lipinski definition) is 5. The third kappa shape index (κ3) is 2.12. The quantitative estimate of drug-likeness (QED) is 0.869. The second-order valence-electron chi connectivity index (χ2n) is 4.46. The molecular weight excluding hydrogens is 234 g/mol. The summed E-state index contributed by atoms with van der Waals surface area (Å²) in [6, 6.07) is 0. The van der Waals surface area contributed by atoms with E-state index >= 15 is 0 Å². The van der Waals surface area contributed by atoms with Crippen LogP contribution in [0.3, 0.4) is 0 Å². The Labute approximate surface area is 104 Å². The van der Waals surface area contributed by atoms with E-state index in [1.54, 1.807) is 4.68 Å². The number of nitrogens with two attached hydrogens (primary N) is 1. The van der Waals surface area contributed by atoms with E-state index in [4.69, 9.17) is 5.73 Å². The number of anilines is 2. The molecule has 6 heteroatoms. The zero-order valence-corrected chi connectivity index (χ0v) is 10.5. The summed E-state index contributed by atoms with van der Waals surface area (Å²) in [5, 5.41) is 8.67. The molecule has 0 aromatic carbocycles. The summed E-state index contributed by atoms with van der Waals surface area (Å²) in [6.07, 6.45) is 6.36. The monoisotopic (exact) mass is 249 g/mol. The van der Waals surface area contributed by atoms with Crippen LogP contribution in [0, 0.1) is 0 Å². The number of aromatic nitrogens is 3. The van der Waals surface area contributed by atoms with Crippen molar-refractivity contribution in [1.29, 1.82) is 0 Å². The minimum Gasteiger partial charge on any atom is -0.383 e. The molecule has 0 aliphatic heterocycles. The minimum absolute atomic E-state index is 0.630. The molecule has 1 saturated carbocycles. The van der Waals surface area contributed by atoms with Gasteiger partial charge < -0.3 is 11.1 Å². The van der Waals surface area contributed by atoms with Crippen LogP contribution in [-0.2, 0) is 13.6 Å². The molecule has 5 nitrogen and oxygen atoms in total. The van der Waals surface area contributed by atoms with Crippen LogP contribution in [0.4, 0.5) is 10.8 Å². The first-order valence-corrected chi connectivity index (χ1v) is 6.48. The van der Waals surface area contributed by atoms with E-state index in [9.17, 15) is 0 Å². The number of nitrogens with one attached hydrogen (secondary N) is 1. The first kappa shape index (κ1) is 10.6. The highest BCUT2D eigenvalue weighted by molar-refractivity contribution is 7.10. The van der Waals surface area contributed by atoms with Gasteiger partial charge in [-0.25, -0.2) is 0 Å². The SMILES string of the molecule is Cn1cc(CNc2snc(N)c2C2CC2)cn1. The Bertz CT molecular complexity index is 526. The Morgan fingerprint density at radius 1 is 1.59 bits per heavy atom. The summed E-state index contributed by atoms with van der Waals surface area (Å²) in [5.74, 6) is 1.33. The lowest BCUT2D eigenvalue weighted by molar-refractivity contribution is 0.767. The van der Waals surface area contributed by atoms with Crippen LogP contribution in [0.15, 0.2) is 12.4 Å². The molecule has 90 valence electrons. The Balaban J connectivity index is 1.72. The van der Waals surface area contributed by atoms with Crippen molar-refractivity contribution in [2.75, 3.05) is 11.1 Å². The lowest BCUT2D eigenvalue weighted by atomic mass is 10.2. The summed E-state index contributed by atoms with van der Waals surface area (Å²) in [6.45, 7) is 0.773. The maximum absolute atomic E-state index is 5.90. The van der Waals surface area contributed by atoms with Crippen molar-refractivity contribution in [2.24, 2.45) is 7.05 Å². The van der Waals surface area contributed by atoms with E-state index in [0.717, 1.165) is 11.5 Å². The van der Waals surface area contributed by atoms with Gasteiger partial charge in [-0.05, 0) is 30.3 Å². The number of nitrogen functional groups attached to an aromatic ring is 1. The van der Waals surface area contributed by atoms with Gasteiger partial charge in [0.05, 0.1) is 6.20 Å². The van der Waals surface area contributed by atoms with Crippen LogP contribution in [0.5, 0.6) is 0 Å². The fourth-order valence-electron chi connectivity index (χ4n) is 1.95. The average Bonchev–Trinajstić information content (AvgIpc) is 2.95. The predicted molar refractivity (Wildman–Crippen MR) is 69.0 cm³/mol. The molecule has 1 fully saturated rings.